The Morgan fingerprint density at radius 1 is 0.970 bits per heavy atom. The van der Waals surface area contributed by atoms with Gasteiger partial charge in [-0.25, -0.2) is 4.39 Å². The Balaban J connectivity index is 1.40. The van der Waals surface area contributed by atoms with Gasteiger partial charge in [0, 0.05) is 50.0 Å². The summed E-state index contributed by atoms with van der Waals surface area (Å²) in [5.74, 6) is -0.496. The molecule has 1 heterocycles. The SMILES string of the molecule is O=C(c1ccc(F)cc1)N1CCN(c2ccc([N+](=O)[O-])c(NCCc3ccccc3)c2)CC1. The lowest BCUT2D eigenvalue weighted by Gasteiger charge is -2.36. The van der Waals surface area contributed by atoms with Crippen molar-refractivity contribution in [2.24, 2.45) is 0 Å². The van der Waals surface area contributed by atoms with Crippen molar-refractivity contribution in [2.45, 2.75) is 6.42 Å². The molecule has 0 atom stereocenters. The molecule has 8 heteroatoms. The molecule has 0 saturated carbocycles. The van der Waals surface area contributed by atoms with E-state index >= 15 is 0 Å². The van der Waals surface area contributed by atoms with Crippen LogP contribution in [0.15, 0.2) is 72.8 Å². The monoisotopic (exact) mass is 448 g/mol. The second-order valence-electron chi connectivity index (χ2n) is 7.91. The first-order valence-corrected chi connectivity index (χ1v) is 10.9. The molecule has 7 nitrogen and oxygen atoms in total. The van der Waals surface area contributed by atoms with Crippen LogP contribution in [0.2, 0.25) is 0 Å². The highest BCUT2D eigenvalue weighted by atomic mass is 19.1. The molecule has 0 aromatic heterocycles. The topological polar surface area (TPSA) is 78.7 Å². The highest BCUT2D eigenvalue weighted by molar-refractivity contribution is 5.94. The third kappa shape index (κ3) is 5.46. The maximum atomic E-state index is 13.1. The number of piperazine rings is 1. The number of benzene rings is 3. The van der Waals surface area contributed by atoms with Crippen molar-refractivity contribution in [3.05, 3.63) is 99.9 Å². The minimum Gasteiger partial charge on any atom is -0.379 e. The molecule has 3 aromatic rings. The van der Waals surface area contributed by atoms with Crippen LogP contribution < -0.4 is 10.2 Å². The first kappa shape index (κ1) is 22.3. The molecule has 4 rings (SSSR count). The number of carbonyl (C=O) groups is 1. The minimum atomic E-state index is -0.381. The average molecular weight is 448 g/mol. The predicted octanol–water partition coefficient (Wildman–Crippen LogP) is 4.35. The molecule has 0 radical (unpaired) electrons. The quantitative estimate of drug-likeness (QED) is 0.429. The maximum absolute atomic E-state index is 13.1. The molecular formula is C25H25FN4O3. The van der Waals surface area contributed by atoms with Crippen molar-refractivity contribution < 1.29 is 14.1 Å². The van der Waals surface area contributed by atoms with Gasteiger partial charge in [0.25, 0.3) is 11.6 Å². The van der Waals surface area contributed by atoms with E-state index in [0.29, 0.717) is 44.0 Å². The number of rotatable bonds is 7. The first-order valence-electron chi connectivity index (χ1n) is 10.9. The Hall–Kier alpha value is -3.94. The van der Waals surface area contributed by atoms with Gasteiger partial charge in [0.1, 0.15) is 11.5 Å². The second-order valence-corrected chi connectivity index (χ2v) is 7.91. The van der Waals surface area contributed by atoms with E-state index in [1.165, 1.54) is 30.3 Å². The summed E-state index contributed by atoms with van der Waals surface area (Å²) in [5.41, 5.74) is 3.02. The Morgan fingerprint density at radius 2 is 1.67 bits per heavy atom. The Morgan fingerprint density at radius 3 is 2.33 bits per heavy atom. The standard InChI is InChI=1S/C25H25FN4O3/c26-21-8-6-20(7-9-21)25(31)29-16-14-28(15-17-29)22-10-11-24(30(32)33)23(18-22)27-13-12-19-4-2-1-3-5-19/h1-11,18,27H,12-17H2. The van der Waals surface area contributed by atoms with Crippen LogP contribution in [0.3, 0.4) is 0 Å². The highest BCUT2D eigenvalue weighted by Crippen LogP contribution is 2.30. The molecule has 3 aromatic carbocycles. The predicted molar refractivity (Wildman–Crippen MR) is 126 cm³/mol. The van der Waals surface area contributed by atoms with E-state index in [4.69, 9.17) is 0 Å². The smallest absolute Gasteiger partial charge is 0.292 e. The lowest BCUT2D eigenvalue weighted by Crippen LogP contribution is -2.48. The Bertz CT molecular complexity index is 1110. The number of nitro benzene ring substituents is 1. The number of nitro groups is 1. The van der Waals surface area contributed by atoms with Crippen LogP contribution in [0.5, 0.6) is 0 Å². The molecule has 0 aliphatic carbocycles. The number of anilines is 2. The first-order chi connectivity index (χ1) is 16.0. The number of halogens is 1. The van der Waals surface area contributed by atoms with E-state index < -0.39 is 0 Å². The van der Waals surface area contributed by atoms with E-state index in [1.807, 2.05) is 30.3 Å². The summed E-state index contributed by atoms with van der Waals surface area (Å²) in [7, 11) is 0. The normalized spacial score (nSPS) is 13.6. The molecule has 170 valence electrons. The van der Waals surface area contributed by atoms with Crippen molar-refractivity contribution >= 4 is 23.0 Å². The van der Waals surface area contributed by atoms with Gasteiger partial charge in [-0.05, 0) is 48.4 Å². The van der Waals surface area contributed by atoms with Gasteiger partial charge in [-0.2, -0.15) is 0 Å². The zero-order chi connectivity index (χ0) is 23.2. The summed E-state index contributed by atoms with van der Waals surface area (Å²) in [6, 6.07) is 20.6. The van der Waals surface area contributed by atoms with Crippen LogP contribution >= 0.6 is 0 Å². The molecule has 1 aliphatic heterocycles. The number of hydrogen-bond donors (Lipinski definition) is 1. The lowest BCUT2D eigenvalue weighted by atomic mass is 10.1. The number of amides is 1. The molecule has 1 aliphatic rings. The van der Waals surface area contributed by atoms with Gasteiger partial charge in [-0.1, -0.05) is 30.3 Å². The summed E-state index contributed by atoms with van der Waals surface area (Å²) >= 11 is 0. The summed E-state index contributed by atoms with van der Waals surface area (Å²) in [6.07, 6.45) is 0.756. The van der Waals surface area contributed by atoms with Crippen LogP contribution in [0.1, 0.15) is 15.9 Å². The van der Waals surface area contributed by atoms with Gasteiger partial charge >= 0.3 is 0 Å². The van der Waals surface area contributed by atoms with E-state index in [0.717, 1.165) is 17.7 Å². The molecule has 0 spiro atoms. The third-order valence-electron chi connectivity index (χ3n) is 5.77. The van der Waals surface area contributed by atoms with Crippen LogP contribution in [-0.4, -0.2) is 48.5 Å². The summed E-state index contributed by atoms with van der Waals surface area (Å²) in [4.78, 5) is 27.6. The number of carbonyl (C=O) groups excluding carboxylic acids is 1. The van der Waals surface area contributed by atoms with Gasteiger partial charge in [0.05, 0.1) is 4.92 Å². The van der Waals surface area contributed by atoms with Crippen LogP contribution in [0, 0.1) is 15.9 Å². The molecular weight excluding hydrogens is 423 g/mol. The van der Waals surface area contributed by atoms with E-state index in [-0.39, 0.29) is 22.3 Å². The molecule has 0 bridgehead atoms. The molecule has 1 amide bonds. The van der Waals surface area contributed by atoms with Crippen molar-refractivity contribution in [3.8, 4) is 0 Å². The maximum Gasteiger partial charge on any atom is 0.292 e. The van der Waals surface area contributed by atoms with Crippen molar-refractivity contribution in [1.82, 2.24) is 4.90 Å². The lowest BCUT2D eigenvalue weighted by molar-refractivity contribution is -0.383. The average Bonchev–Trinajstić information content (AvgIpc) is 2.85. The zero-order valence-electron chi connectivity index (χ0n) is 18.1. The van der Waals surface area contributed by atoms with Crippen LogP contribution in [0.25, 0.3) is 0 Å². The van der Waals surface area contributed by atoms with Gasteiger partial charge in [0.15, 0.2) is 0 Å². The summed E-state index contributed by atoms with van der Waals surface area (Å²) < 4.78 is 13.1. The minimum absolute atomic E-state index is 0.0388. The highest BCUT2D eigenvalue weighted by Gasteiger charge is 2.24. The number of nitrogens with one attached hydrogen (secondary N) is 1. The van der Waals surface area contributed by atoms with E-state index in [1.54, 1.807) is 17.0 Å². The summed E-state index contributed by atoms with van der Waals surface area (Å²) in [6.45, 7) is 2.82. The fourth-order valence-corrected chi connectivity index (χ4v) is 3.95. The van der Waals surface area contributed by atoms with Gasteiger partial charge < -0.3 is 15.1 Å². The molecule has 1 fully saturated rings. The van der Waals surface area contributed by atoms with E-state index in [2.05, 4.69) is 10.2 Å². The summed E-state index contributed by atoms with van der Waals surface area (Å²) in [5, 5.41) is 14.7. The van der Waals surface area contributed by atoms with E-state index in [9.17, 15) is 19.3 Å². The molecule has 1 N–H and O–H groups in total. The zero-order valence-corrected chi connectivity index (χ0v) is 18.1. The fraction of sp³-hybridized carbons (Fsp3) is 0.240. The fourth-order valence-electron chi connectivity index (χ4n) is 3.95. The van der Waals surface area contributed by atoms with Crippen LogP contribution in [0.4, 0.5) is 21.5 Å². The molecule has 33 heavy (non-hydrogen) atoms. The molecule has 0 unspecified atom stereocenters. The largest absolute Gasteiger partial charge is 0.379 e. The number of nitrogens with zero attached hydrogens (tertiary/aromatic N) is 3. The van der Waals surface area contributed by atoms with Gasteiger partial charge in [-0.3, -0.25) is 14.9 Å². The van der Waals surface area contributed by atoms with Crippen molar-refractivity contribution in [1.29, 1.82) is 0 Å². The van der Waals surface area contributed by atoms with Crippen LogP contribution in [-0.2, 0) is 6.42 Å². The number of hydrogen-bond acceptors (Lipinski definition) is 5. The van der Waals surface area contributed by atoms with Gasteiger partial charge in [0.2, 0.25) is 0 Å². The van der Waals surface area contributed by atoms with Gasteiger partial charge in [-0.15, -0.1) is 0 Å². The Labute approximate surface area is 191 Å². The third-order valence-corrected chi connectivity index (χ3v) is 5.77. The van der Waals surface area contributed by atoms with Crippen molar-refractivity contribution in [2.75, 3.05) is 42.9 Å². The second kappa shape index (κ2) is 10.1. The Kier molecular flexibility index (Phi) is 6.83. The van der Waals surface area contributed by atoms with Crippen molar-refractivity contribution in [3.63, 3.8) is 0 Å². The molecule has 1 saturated heterocycles.